The summed E-state index contributed by atoms with van der Waals surface area (Å²) in [7, 11) is 0. The van der Waals surface area contributed by atoms with Gasteiger partial charge in [0.05, 0.1) is 11.7 Å². The van der Waals surface area contributed by atoms with Gasteiger partial charge >= 0.3 is 0 Å². The van der Waals surface area contributed by atoms with E-state index in [1.165, 1.54) is 12.1 Å². The molecule has 0 bridgehead atoms. The van der Waals surface area contributed by atoms with Crippen LogP contribution in [0.3, 0.4) is 0 Å². The number of aromatic nitrogens is 5. The lowest BCUT2D eigenvalue weighted by molar-refractivity contribution is 0.558. The molecule has 0 amide bonds. The molecule has 0 fully saturated rings. The van der Waals surface area contributed by atoms with Crippen LogP contribution in [0.2, 0.25) is 0 Å². The molecular formula is C24H20F2N6. The van der Waals surface area contributed by atoms with Crippen molar-refractivity contribution < 1.29 is 8.78 Å². The summed E-state index contributed by atoms with van der Waals surface area (Å²) in [5.41, 5.74) is 10.1. The summed E-state index contributed by atoms with van der Waals surface area (Å²) in [6.07, 6.45) is 3.53. The molecule has 5 aromatic rings. The first-order chi connectivity index (χ1) is 15.4. The molecule has 32 heavy (non-hydrogen) atoms. The molecule has 0 aliphatic carbocycles. The van der Waals surface area contributed by atoms with Crippen LogP contribution in [0, 0.1) is 18.6 Å². The van der Waals surface area contributed by atoms with E-state index in [9.17, 15) is 4.39 Å². The zero-order valence-corrected chi connectivity index (χ0v) is 17.5. The first kappa shape index (κ1) is 19.9. The van der Waals surface area contributed by atoms with E-state index in [0.717, 1.165) is 5.56 Å². The van der Waals surface area contributed by atoms with E-state index in [2.05, 4.69) is 15.2 Å². The molecular weight excluding hydrogens is 410 g/mol. The zero-order valence-electron chi connectivity index (χ0n) is 17.5. The van der Waals surface area contributed by atoms with Crippen LogP contribution in [-0.4, -0.2) is 24.4 Å². The molecule has 2 N–H and O–H groups in total. The fraction of sp³-hybridized carbons (Fsp3) is 0.125. The lowest BCUT2D eigenvalue weighted by Crippen LogP contribution is -2.07. The minimum Gasteiger partial charge on any atom is -0.366 e. The second-order valence-electron chi connectivity index (χ2n) is 7.69. The fourth-order valence-electron chi connectivity index (χ4n) is 3.87. The van der Waals surface area contributed by atoms with E-state index < -0.39 is 0 Å². The highest BCUT2D eigenvalue weighted by molar-refractivity contribution is 5.76. The molecule has 8 heteroatoms. The molecule has 160 valence electrons. The Morgan fingerprint density at radius 1 is 0.938 bits per heavy atom. The molecule has 0 spiro atoms. The SMILES string of the molecule is Cc1nn(C(C)c2ccc(F)cc2)cc1-c1cccc(-c2ccn3nc(N)nc3c2)c1F. The van der Waals surface area contributed by atoms with Crippen molar-refractivity contribution in [2.75, 3.05) is 5.73 Å². The topological polar surface area (TPSA) is 74.0 Å². The van der Waals surface area contributed by atoms with E-state index in [1.807, 2.05) is 26.1 Å². The van der Waals surface area contributed by atoms with Crippen LogP contribution >= 0.6 is 0 Å². The average Bonchev–Trinajstić information content (AvgIpc) is 3.35. The Bertz CT molecular complexity index is 1440. The van der Waals surface area contributed by atoms with Gasteiger partial charge < -0.3 is 5.73 Å². The van der Waals surface area contributed by atoms with Crippen LogP contribution in [0.15, 0.2) is 67.0 Å². The van der Waals surface area contributed by atoms with Crippen LogP contribution in [0.25, 0.3) is 27.9 Å². The molecule has 2 aromatic carbocycles. The van der Waals surface area contributed by atoms with E-state index in [0.29, 0.717) is 33.6 Å². The highest BCUT2D eigenvalue weighted by atomic mass is 19.1. The Hall–Kier alpha value is -4.07. The number of benzene rings is 2. The summed E-state index contributed by atoms with van der Waals surface area (Å²) in [5, 5.41) is 8.65. The first-order valence-electron chi connectivity index (χ1n) is 10.1. The molecule has 0 aliphatic rings. The van der Waals surface area contributed by atoms with Gasteiger partial charge in [-0.1, -0.05) is 30.3 Å². The minimum atomic E-state index is -0.346. The number of aryl methyl sites for hydroxylation is 1. The van der Waals surface area contributed by atoms with Gasteiger partial charge in [0.2, 0.25) is 5.95 Å². The monoisotopic (exact) mass is 430 g/mol. The predicted octanol–water partition coefficient (Wildman–Crippen LogP) is 5.04. The molecule has 0 saturated heterocycles. The van der Waals surface area contributed by atoms with Crippen molar-refractivity contribution in [2.24, 2.45) is 0 Å². The highest BCUT2D eigenvalue weighted by Crippen LogP contribution is 2.33. The van der Waals surface area contributed by atoms with E-state index in [-0.39, 0.29) is 23.6 Å². The van der Waals surface area contributed by atoms with E-state index in [4.69, 9.17) is 5.73 Å². The normalized spacial score (nSPS) is 12.4. The molecule has 6 nitrogen and oxygen atoms in total. The third-order valence-electron chi connectivity index (χ3n) is 5.62. The number of pyridine rings is 1. The first-order valence-corrected chi connectivity index (χ1v) is 10.1. The van der Waals surface area contributed by atoms with Crippen molar-refractivity contribution in [1.82, 2.24) is 24.4 Å². The summed E-state index contributed by atoms with van der Waals surface area (Å²) in [5.74, 6) is -0.472. The maximum atomic E-state index is 15.7. The van der Waals surface area contributed by atoms with Crippen LogP contribution in [0.5, 0.6) is 0 Å². The molecule has 3 aromatic heterocycles. The van der Waals surface area contributed by atoms with Crippen molar-refractivity contribution in [3.63, 3.8) is 0 Å². The quantitative estimate of drug-likeness (QED) is 0.434. The summed E-state index contributed by atoms with van der Waals surface area (Å²) in [6.45, 7) is 3.82. The second-order valence-corrected chi connectivity index (χ2v) is 7.69. The lowest BCUT2D eigenvalue weighted by atomic mass is 9.99. The highest BCUT2D eigenvalue weighted by Gasteiger charge is 2.18. The van der Waals surface area contributed by atoms with Gasteiger partial charge in [-0.15, -0.1) is 5.10 Å². The average molecular weight is 430 g/mol. The van der Waals surface area contributed by atoms with Crippen molar-refractivity contribution in [3.05, 3.63) is 89.9 Å². The number of nitrogen functional groups attached to an aromatic ring is 1. The Balaban J connectivity index is 1.55. The number of anilines is 1. The van der Waals surface area contributed by atoms with Gasteiger partial charge in [-0.25, -0.2) is 13.3 Å². The Labute approximate surface area is 183 Å². The Morgan fingerprint density at radius 2 is 1.69 bits per heavy atom. The number of fused-ring (bicyclic) bond motifs is 1. The Kier molecular flexibility index (Phi) is 4.70. The predicted molar refractivity (Wildman–Crippen MR) is 119 cm³/mol. The molecule has 1 atom stereocenters. The number of hydrogen-bond donors (Lipinski definition) is 1. The molecule has 0 aliphatic heterocycles. The van der Waals surface area contributed by atoms with Gasteiger partial charge in [0, 0.05) is 29.1 Å². The standard InChI is InChI=1S/C24H20F2N6/c1-14-21(13-32(29-14)15(2)16-6-8-18(25)9-7-16)20-5-3-4-19(23(20)26)17-10-11-31-22(12-17)28-24(27)30-31/h3-13,15H,1-2H3,(H2,27,30). The minimum absolute atomic E-state index is 0.130. The van der Waals surface area contributed by atoms with Crippen LogP contribution < -0.4 is 5.73 Å². The molecule has 1 unspecified atom stereocenters. The maximum absolute atomic E-state index is 15.7. The van der Waals surface area contributed by atoms with Crippen molar-refractivity contribution in [3.8, 4) is 22.3 Å². The van der Waals surface area contributed by atoms with Crippen molar-refractivity contribution in [2.45, 2.75) is 19.9 Å². The van der Waals surface area contributed by atoms with Gasteiger partial charge in [-0.2, -0.15) is 10.1 Å². The van der Waals surface area contributed by atoms with Crippen LogP contribution in [-0.2, 0) is 0 Å². The Morgan fingerprint density at radius 3 is 2.47 bits per heavy atom. The summed E-state index contributed by atoms with van der Waals surface area (Å²) in [4.78, 5) is 4.15. The van der Waals surface area contributed by atoms with Crippen LogP contribution in [0.4, 0.5) is 14.7 Å². The number of nitrogens with zero attached hydrogens (tertiary/aromatic N) is 5. The van der Waals surface area contributed by atoms with Gasteiger partial charge in [0.25, 0.3) is 0 Å². The summed E-state index contributed by atoms with van der Waals surface area (Å²) < 4.78 is 32.3. The van der Waals surface area contributed by atoms with E-state index in [1.54, 1.807) is 51.8 Å². The molecule has 0 radical (unpaired) electrons. The zero-order chi connectivity index (χ0) is 22.4. The van der Waals surface area contributed by atoms with Crippen molar-refractivity contribution >= 4 is 11.6 Å². The van der Waals surface area contributed by atoms with Gasteiger partial charge in [0.1, 0.15) is 11.6 Å². The second kappa shape index (κ2) is 7.56. The van der Waals surface area contributed by atoms with Gasteiger partial charge in [0.15, 0.2) is 5.65 Å². The van der Waals surface area contributed by atoms with E-state index >= 15 is 4.39 Å². The summed E-state index contributed by atoms with van der Waals surface area (Å²) in [6, 6.07) is 15.0. The molecule has 5 rings (SSSR count). The molecule has 0 saturated carbocycles. The number of hydrogen-bond acceptors (Lipinski definition) is 4. The third-order valence-corrected chi connectivity index (χ3v) is 5.62. The smallest absolute Gasteiger partial charge is 0.240 e. The van der Waals surface area contributed by atoms with Crippen molar-refractivity contribution in [1.29, 1.82) is 0 Å². The van der Waals surface area contributed by atoms with Gasteiger partial charge in [-0.3, -0.25) is 4.68 Å². The largest absolute Gasteiger partial charge is 0.366 e. The third kappa shape index (κ3) is 3.39. The van der Waals surface area contributed by atoms with Crippen LogP contribution in [0.1, 0.15) is 24.2 Å². The lowest BCUT2D eigenvalue weighted by Gasteiger charge is -2.12. The summed E-state index contributed by atoms with van der Waals surface area (Å²) >= 11 is 0. The fourth-order valence-corrected chi connectivity index (χ4v) is 3.87. The number of nitrogens with two attached hydrogens (primary N) is 1. The number of halogens is 2. The number of rotatable bonds is 4. The molecule has 3 heterocycles. The van der Waals surface area contributed by atoms with Gasteiger partial charge in [-0.05, 0) is 49.2 Å². The maximum Gasteiger partial charge on any atom is 0.240 e.